The van der Waals surface area contributed by atoms with Gasteiger partial charge in [-0.25, -0.2) is 4.79 Å². The minimum Gasteiger partial charge on any atom is -0.508 e. The van der Waals surface area contributed by atoms with Crippen molar-refractivity contribution in [2.24, 2.45) is 5.73 Å². The van der Waals surface area contributed by atoms with Crippen LogP contribution in [0.15, 0.2) is 24.3 Å². The van der Waals surface area contributed by atoms with Gasteiger partial charge in [-0.2, -0.15) is 0 Å². The summed E-state index contributed by atoms with van der Waals surface area (Å²) < 4.78 is 0. The molecule has 5 unspecified atom stereocenters. The van der Waals surface area contributed by atoms with E-state index < -0.39 is 85.2 Å². The van der Waals surface area contributed by atoms with E-state index in [1.807, 2.05) is 5.32 Å². The van der Waals surface area contributed by atoms with Gasteiger partial charge in [-0.1, -0.05) is 12.1 Å². The smallest absolute Gasteiger partial charge is 0.326 e. The number of rotatable bonds is 15. The molecule has 1 aromatic carbocycles. The van der Waals surface area contributed by atoms with Gasteiger partial charge in [0.25, 0.3) is 0 Å². The Morgan fingerprint density at radius 1 is 0.838 bits per heavy atom. The maximum Gasteiger partial charge on any atom is 0.326 e. The second-order valence-electron chi connectivity index (χ2n) is 8.19. The highest BCUT2D eigenvalue weighted by Crippen LogP contribution is 2.11. The molecule has 0 heterocycles. The molecule has 0 radical (unpaired) electrons. The van der Waals surface area contributed by atoms with Crippen LogP contribution in [0.3, 0.4) is 0 Å². The van der Waals surface area contributed by atoms with Crippen LogP contribution in [0.2, 0.25) is 0 Å². The largest absolute Gasteiger partial charge is 0.508 e. The third kappa shape index (κ3) is 10.9. The number of carboxylic acids is 3. The van der Waals surface area contributed by atoms with E-state index in [0.717, 1.165) is 6.92 Å². The number of hydrogen-bond donors (Lipinski definition) is 9. The molecule has 0 saturated heterocycles. The van der Waals surface area contributed by atoms with Crippen LogP contribution in [0.4, 0.5) is 0 Å². The Morgan fingerprint density at radius 3 is 1.89 bits per heavy atom. The number of aliphatic hydroxyl groups excluding tert-OH is 1. The van der Waals surface area contributed by atoms with Crippen molar-refractivity contribution >= 4 is 35.6 Å². The number of carbonyl (C=O) groups excluding carboxylic acids is 3. The Morgan fingerprint density at radius 2 is 1.41 bits per heavy atom. The summed E-state index contributed by atoms with van der Waals surface area (Å²) in [7, 11) is 0. The Balaban J connectivity index is 2.93. The van der Waals surface area contributed by atoms with Crippen molar-refractivity contribution in [3.8, 4) is 5.75 Å². The van der Waals surface area contributed by atoms with Crippen molar-refractivity contribution in [2.45, 2.75) is 62.9 Å². The fourth-order valence-corrected chi connectivity index (χ4v) is 3.09. The van der Waals surface area contributed by atoms with Crippen LogP contribution in [0.5, 0.6) is 5.75 Å². The Kier molecular flexibility index (Phi) is 11.9. The number of carboxylic acid groups (broad SMARTS) is 3. The number of phenols is 1. The molecule has 0 aliphatic rings. The molecule has 204 valence electrons. The molecule has 15 heteroatoms. The van der Waals surface area contributed by atoms with Gasteiger partial charge >= 0.3 is 17.9 Å². The van der Waals surface area contributed by atoms with Crippen LogP contribution in [-0.2, 0) is 35.2 Å². The number of carbonyl (C=O) groups is 6. The van der Waals surface area contributed by atoms with Gasteiger partial charge in [-0.3, -0.25) is 24.0 Å². The number of aliphatic carboxylic acids is 3. The Labute approximate surface area is 210 Å². The minimum absolute atomic E-state index is 0.00627. The average molecular weight is 526 g/mol. The highest BCUT2D eigenvalue weighted by molar-refractivity contribution is 5.96. The fraction of sp³-hybridized carbons (Fsp3) is 0.455. The van der Waals surface area contributed by atoms with Crippen LogP contribution in [-0.4, -0.2) is 91.4 Å². The normalized spacial score (nSPS) is 14.8. The molecule has 0 aliphatic carbocycles. The number of nitrogens with two attached hydrogens (primary N) is 1. The number of nitrogens with one attached hydrogen (secondary N) is 3. The summed E-state index contributed by atoms with van der Waals surface area (Å²) in [5.41, 5.74) is 6.41. The summed E-state index contributed by atoms with van der Waals surface area (Å²) in [6.07, 6.45) is -3.57. The van der Waals surface area contributed by atoms with Crippen molar-refractivity contribution in [1.82, 2.24) is 16.0 Å². The number of benzene rings is 1. The second-order valence-corrected chi connectivity index (χ2v) is 8.19. The number of aliphatic hydroxyl groups is 1. The predicted molar refractivity (Wildman–Crippen MR) is 124 cm³/mol. The number of amides is 3. The van der Waals surface area contributed by atoms with E-state index in [-0.39, 0.29) is 12.2 Å². The van der Waals surface area contributed by atoms with E-state index >= 15 is 0 Å². The minimum atomic E-state index is -1.77. The summed E-state index contributed by atoms with van der Waals surface area (Å²) in [4.78, 5) is 71.1. The summed E-state index contributed by atoms with van der Waals surface area (Å²) in [6.45, 7) is 1.09. The molecule has 10 N–H and O–H groups in total. The molecule has 1 aromatic rings. The molecular formula is C22H30N4O11. The Bertz CT molecular complexity index is 997. The first-order valence-electron chi connectivity index (χ1n) is 11.0. The van der Waals surface area contributed by atoms with E-state index in [9.17, 15) is 44.1 Å². The maximum atomic E-state index is 12.7. The first-order valence-corrected chi connectivity index (χ1v) is 11.0. The molecule has 15 nitrogen and oxygen atoms in total. The SMILES string of the molecule is CC(O)C(NC(=O)C(CC(=O)O)NC(=O)C(N)Cc1ccc(O)cc1)C(=O)NC(CCC(=O)O)C(=O)O. The lowest BCUT2D eigenvalue weighted by Gasteiger charge is -2.26. The van der Waals surface area contributed by atoms with Crippen molar-refractivity contribution in [1.29, 1.82) is 0 Å². The van der Waals surface area contributed by atoms with Gasteiger partial charge in [-0.05, 0) is 37.5 Å². The number of phenolic OH excluding ortho intramolecular Hbond substituents is 1. The molecule has 3 amide bonds. The zero-order chi connectivity index (χ0) is 28.3. The first kappa shape index (κ1) is 30.8. The van der Waals surface area contributed by atoms with Gasteiger partial charge in [0.1, 0.15) is 23.9 Å². The van der Waals surface area contributed by atoms with E-state index in [4.69, 9.17) is 15.9 Å². The van der Waals surface area contributed by atoms with Crippen LogP contribution in [0.1, 0.15) is 31.7 Å². The molecule has 0 spiro atoms. The van der Waals surface area contributed by atoms with Crippen LogP contribution >= 0.6 is 0 Å². The quantitative estimate of drug-likeness (QED) is 0.115. The third-order valence-electron chi connectivity index (χ3n) is 5.06. The summed E-state index contributed by atoms with van der Waals surface area (Å²) >= 11 is 0. The summed E-state index contributed by atoms with van der Waals surface area (Å²) in [5, 5.41) is 52.6. The predicted octanol–water partition coefficient (Wildman–Crippen LogP) is -2.48. The van der Waals surface area contributed by atoms with Crippen LogP contribution < -0.4 is 21.7 Å². The summed E-state index contributed by atoms with van der Waals surface area (Å²) in [5.74, 6) is -7.59. The van der Waals surface area contributed by atoms with E-state index in [1.165, 1.54) is 24.3 Å². The van der Waals surface area contributed by atoms with E-state index in [0.29, 0.717) is 5.56 Å². The highest BCUT2D eigenvalue weighted by atomic mass is 16.4. The molecule has 37 heavy (non-hydrogen) atoms. The van der Waals surface area contributed by atoms with Gasteiger partial charge in [-0.15, -0.1) is 0 Å². The molecule has 0 aromatic heterocycles. The maximum absolute atomic E-state index is 12.7. The van der Waals surface area contributed by atoms with E-state index in [2.05, 4.69) is 10.6 Å². The van der Waals surface area contributed by atoms with Gasteiger partial charge in [0.2, 0.25) is 17.7 Å². The monoisotopic (exact) mass is 526 g/mol. The Hall–Kier alpha value is -4.24. The third-order valence-corrected chi connectivity index (χ3v) is 5.06. The second kappa shape index (κ2) is 14.4. The lowest BCUT2D eigenvalue weighted by Crippen LogP contribution is -2.60. The van der Waals surface area contributed by atoms with Crippen LogP contribution in [0.25, 0.3) is 0 Å². The number of aromatic hydroxyl groups is 1. The lowest BCUT2D eigenvalue weighted by atomic mass is 10.0. The summed E-state index contributed by atoms with van der Waals surface area (Å²) in [6, 6.07) is -0.570. The molecule has 0 saturated carbocycles. The van der Waals surface area contributed by atoms with Crippen molar-refractivity contribution < 1.29 is 54.3 Å². The van der Waals surface area contributed by atoms with Gasteiger partial charge < -0.3 is 47.2 Å². The topological polar surface area (TPSA) is 266 Å². The fourth-order valence-electron chi connectivity index (χ4n) is 3.09. The van der Waals surface area contributed by atoms with Crippen LogP contribution in [0, 0.1) is 0 Å². The molecule has 1 rings (SSSR count). The molecule has 5 atom stereocenters. The van der Waals surface area contributed by atoms with Crippen molar-refractivity contribution in [3.63, 3.8) is 0 Å². The van der Waals surface area contributed by atoms with Gasteiger partial charge in [0.05, 0.1) is 18.6 Å². The molecule has 0 bridgehead atoms. The first-order chi connectivity index (χ1) is 17.2. The highest BCUT2D eigenvalue weighted by Gasteiger charge is 2.33. The lowest BCUT2D eigenvalue weighted by molar-refractivity contribution is -0.145. The standard InChI is InChI=1S/C22H30N4O11/c1-10(27)18(21(35)24-14(22(36)37)6-7-16(29)30)26-20(34)15(9-17(31)32)25-19(33)13(23)8-11-2-4-12(28)5-3-11/h2-5,10,13-15,18,27-28H,6-9,23H2,1H3,(H,24,35)(H,25,33)(H,26,34)(H,29,30)(H,31,32)(H,36,37). The average Bonchev–Trinajstić information content (AvgIpc) is 2.79. The zero-order valence-corrected chi connectivity index (χ0v) is 19.8. The van der Waals surface area contributed by atoms with Gasteiger partial charge in [0.15, 0.2) is 0 Å². The van der Waals surface area contributed by atoms with Crippen molar-refractivity contribution in [2.75, 3.05) is 0 Å². The molecular weight excluding hydrogens is 496 g/mol. The zero-order valence-electron chi connectivity index (χ0n) is 19.8. The number of hydrogen-bond acceptors (Lipinski definition) is 9. The van der Waals surface area contributed by atoms with E-state index in [1.54, 1.807) is 0 Å². The van der Waals surface area contributed by atoms with Gasteiger partial charge in [0, 0.05) is 6.42 Å². The molecule has 0 fully saturated rings. The molecule has 0 aliphatic heterocycles. The van der Waals surface area contributed by atoms with Crippen molar-refractivity contribution in [3.05, 3.63) is 29.8 Å².